The number of amides is 1. The van der Waals surface area contributed by atoms with E-state index in [0.29, 0.717) is 6.54 Å². The topological polar surface area (TPSA) is 44.8 Å². The number of nitrogens with one attached hydrogen (secondary N) is 1. The van der Waals surface area contributed by atoms with E-state index in [4.69, 9.17) is 4.74 Å². The largest absolute Gasteiger partial charge is 0.495 e. The van der Waals surface area contributed by atoms with Crippen molar-refractivity contribution in [3.05, 3.63) is 96.1 Å². The van der Waals surface area contributed by atoms with Gasteiger partial charge in [-0.05, 0) is 23.3 Å². The molecule has 0 bridgehead atoms. The zero-order chi connectivity index (χ0) is 21.5. The van der Waals surface area contributed by atoms with Crippen LogP contribution in [0.25, 0.3) is 0 Å². The van der Waals surface area contributed by atoms with Crippen LogP contribution < -0.4 is 15.0 Å². The molecule has 0 atom stereocenters. The molecule has 0 saturated carbocycles. The Morgan fingerprint density at radius 2 is 1.39 bits per heavy atom. The van der Waals surface area contributed by atoms with E-state index in [1.165, 1.54) is 0 Å². The Morgan fingerprint density at radius 3 is 1.97 bits per heavy atom. The van der Waals surface area contributed by atoms with Crippen molar-refractivity contribution in [2.75, 3.05) is 44.7 Å². The Labute approximate surface area is 184 Å². The Morgan fingerprint density at radius 1 is 0.839 bits per heavy atom. The lowest BCUT2D eigenvalue weighted by atomic mass is 9.99. The van der Waals surface area contributed by atoms with Crippen molar-refractivity contribution < 1.29 is 9.53 Å². The minimum Gasteiger partial charge on any atom is -0.495 e. The highest BCUT2D eigenvalue weighted by atomic mass is 16.5. The number of methoxy groups -OCH3 is 1. The number of hydrogen-bond donors (Lipinski definition) is 1. The Bertz CT molecular complexity index is 931. The molecule has 31 heavy (non-hydrogen) atoms. The van der Waals surface area contributed by atoms with Crippen LogP contribution >= 0.6 is 0 Å². The van der Waals surface area contributed by atoms with Gasteiger partial charge in [0.05, 0.1) is 25.4 Å². The van der Waals surface area contributed by atoms with Gasteiger partial charge in [0, 0.05) is 26.2 Å². The molecule has 1 heterocycles. The summed E-state index contributed by atoms with van der Waals surface area (Å²) >= 11 is 0. The van der Waals surface area contributed by atoms with Gasteiger partial charge in [0.25, 0.3) is 0 Å². The predicted octanol–water partition coefficient (Wildman–Crippen LogP) is 3.72. The minimum atomic E-state index is -0.148. The van der Waals surface area contributed by atoms with Gasteiger partial charge < -0.3 is 15.0 Å². The lowest BCUT2D eigenvalue weighted by Crippen LogP contribution is -2.50. The molecule has 4 rings (SSSR count). The normalized spacial score (nSPS) is 14.5. The van der Waals surface area contributed by atoms with E-state index in [2.05, 4.69) is 45.4 Å². The van der Waals surface area contributed by atoms with Crippen LogP contribution in [0.5, 0.6) is 5.75 Å². The van der Waals surface area contributed by atoms with E-state index in [1.54, 1.807) is 7.11 Å². The second-order valence-corrected chi connectivity index (χ2v) is 7.76. The Balaban J connectivity index is 1.37. The first-order valence-corrected chi connectivity index (χ1v) is 10.7. The molecule has 3 aromatic rings. The van der Waals surface area contributed by atoms with Gasteiger partial charge in [-0.25, -0.2) is 0 Å². The van der Waals surface area contributed by atoms with E-state index >= 15 is 0 Å². The van der Waals surface area contributed by atoms with Crippen LogP contribution in [0.2, 0.25) is 0 Å². The third-order valence-corrected chi connectivity index (χ3v) is 5.74. The van der Waals surface area contributed by atoms with Gasteiger partial charge in [0.15, 0.2) is 0 Å². The molecule has 0 aromatic heterocycles. The molecular weight excluding hydrogens is 386 g/mol. The lowest BCUT2D eigenvalue weighted by molar-refractivity contribution is -0.122. The third-order valence-electron chi connectivity index (χ3n) is 5.74. The maximum Gasteiger partial charge on any atom is 0.234 e. The molecule has 0 spiro atoms. The number of hydrogen-bond acceptors (Lipinski definition) is 4. The number of carbonyl (C=O) groups excluding carboxylic acids is 1. The summed E-state index contributed by atoms with van der Waals surface area (Å²) in [5.74, 6) is 0.936. The van der Waals surface area contributed by atoms with Crippen molar-refractivity contribution in [2.24, 2.45) is 0 Å². The summed E-state index contributed by atoms with van der Waals surface area (Å²) in [4.78, 5) is 17.5. The second kappa shape index (κ2) is 10.1. The molecular formula is C26H29N3O2. The van der Waals surface area contributed by atoms with Gasteiger partial charge >= 0.3 is 0 Å². The van der Waals surface area contributed by atoms with Crippen LogP contribution in [0.3, 0.4) is 0 Å². The molecule has 3 aromatic carbocycles. The molecule has 1 aliphatic heterocycles. The highest BCUT2D eigenvalue weighted by molar-refractivity contribution is 5.79. The first kappa shape index (κ1) is 20.9. The van der Waals surface area contributed by atoms with Crippen LogP contribution in [0.1, 0.15) is 17.2 Å². The molecule has 1 amide bonds. The molecule has 5 heteroatoms. The molecule has 5 nitrogen and oxygen atoms in total. The van der Waals surface area contributed by atoms with Gasteiger partial charge in [-0.3, -0.25) is 9.69 Å². The average molecular weight is 416 g/mol. The zero-order valence-corrected chi connectivity index (χ0v) is 17.9. The zero-order valence-electron chi connectivity index (χ0n) is 17.9. The van der Waals surface area contributed by atoms with Gasteiger partial charge in [-0.15, -0.1) is 0 Å². The van der Waals surface area contributed by atoms with Gasteiger partial charge in [0.2, 0.25) is 5.91 Å². The van der Waals surface area contributed by atoms with Crippen molar-refractivity contribution in [1.82, 2.24) is 10.2 Å². The number of ether oxygens (including phenoxy) is 1. The molecule has 0 radical (unpaired) electrons. The fourth-order valence-electron chi connectivity index (χ4n) is 4.10. The average Bonchev–Trinajstić information content (AvgIpc) is 2.84. The summed E-state index contributed by atoms with van der Waals surface area (Å²) in [5, 5.41) is 3.24. The molecule has 1 fully saturated rings. The smallest absolute Gasteiger partial charge is 0.234 e. The van der Waals surface area contributed by atoms with Crippen LogP contribution in [0.4, 0.5) is 5.69 Å². The van der Waals surface area contributed by atoms with Crippen LogP contribution in [0, 0.1) is 0 Å². The maximum absolute atomic E-state index is 12.9. The fraction of sp³-hybridized carbons (Fsp3) is 0.269. The third kappa shape index (κ3) is 5.25. The van der Waals surface area contributed by atoms with Crippen molar-refractivity contribution in [2.45, 2.75) is 6.04 Å². The van der Waals surface area contributed by atoms with E-state index in [1.807, 2.05) is 54.6 Å². The molecule has 1 N–H and O–H groups in total. The summed E-state index contributed by atoms with van der Waals surface area (Å²) in [6.07, 6.45) is 0. The fourth-order valence-corrected chi connectivity index (χ4v) is 4.10. The molecule has 1 aliphatic rings. The van der Waals surface area contributed by atoms with Crippen molar-refractivity contribution in [3.63, 3.8) is 0 Å². The van der Waals surface area contributed by atoms with Crippen molar-refractivity contribution in [3.8, 4) is 5.75 Å². The monoisotopic (exact) mass is 415 g/mol. The maximum atomic E-state index is 12.9. The standard InChI is InChI=1S/C26H29N3O2/c1-31-24-15-9-8-14-23(24)29-18-16-28(17-19-29)20-25(30)27-26(21-10-4-2-5-11-21)22-12-6-3-7-13-22/h2-15,26H,16-20H2,1H3,(H,27,30). The lowest BCUT2D eigenvalue weighted by Gasteiger charge is -2.36. The molecule has 0 unspecified atom stereocenters. The van der Waals surface area contributed by atoms with Crippen LogP contribution in [0.15, 0.2) is 84.9 Å². The summed E-state index contributed by atoms with van der Waals surface area (Å²) in [7, 11) is 1.70. The Kier molecular flexibility index (Phi) is 6.85. The van der Waals surface area contributed by atoms with E-state index in [9.17, 15) is 4.79 Å². The summed E-state index contributed by atoms with van der Waals surface area (Å²) < 4.78 is 5.50. The highest BCUT2D eigenvalue weighted by Crippen LogP contribution is 2.28. The van der Waals surface area contributed by atoms with E-state index in [0.717, 1.165) is 48.7 Å². The predicted molar refractivity (Wildman–Crippen MR) is 125 cm³/mol. The number of anilines is 1. The number of rotatable bonds is 7. The van der Waals surface area contributed by atoms with Crippen LogP contribution in [-0.2, 0) is 4.79 Å². The second-order valence-electron chi connectivity index (χ2n) is 7.76. The molecule has 160 valence electrons. The summed E-state index contributed by atoms with van der Waals surface area (Å²) in [6.45, 7) is 3.82. The number of carbonyl (C=O) groups is 1. The first-order chi connectivity index (χ1) is 15.2. The van der Waals surface area contributed by atoms with Crippen molar-refractivity contribution in [1.29, 1.82) is 0 Å². The number of piperazine rings is 1. The minimum absolute atomic E-state index is 0.0449. The Hall–Kier alpha value is -3.31. The number of nitrogens with zero attached hydrogens (tertiary/aromatic N) is 2. The summed E-state index contributed by atoms with van der Waals surface area (Å²) in [6, 6.07) is 28.2. The molecule has 1 saturated heterocycles. The number of benzene rings is 3. The SMILES string of the molecule is COc1ccccc1N1CCN(CC(=O)NC(c2ccccc2)c2ccccc2)CC1. The quantitative estimate of drug-likeness (QED) is 0.639. The van der Waals surface area contributed by atoms with E-state index in [-0.39, 0.29) is 11.9 Å². The van der Waals surface area contributed by atoms with Crippen LogP contribution in [-0.4, -0.2) is 50.6 Å². The van der Waals surface area contributed by atoms with E-state index < -0.39 is 0 Å². The van der Waals surface area contributed by atoms with Crippen molar-refractivity contribution >= 4 is 11.6 Å². The van der Waals surface area contributed by atoms with Gasteiger partial charge in [-0.1, -0.05) is 72.8 Å². The van der Waals surface area contributed by atoms with Gasteiger partial charge in [0.1, 0.15) is 5.75 Å². The van der Waals surface area contributed by atoms with Gasteiger partial charge in [-0.2, -0.15) is 0 Å². The summed E-state index contributed by atoms with van der Waals surface area (Å²) in [5.41, 5.74) is 3.29. The highest BCUT2D eigenvalue weighted by Gasteiger charge is 2.23. The first-order valence-electron chi connectivity index (χ1n) is 10.7. The number of para-hydroxylation sites is 2. The molecule has 0 aliphatic carbocycles.